The van der Waals surface area contributed by atoms with Crippen molar-refractivity contribution in [2.24, 2.45) is 0 Å². The minimum absolute atomic E-state index is 0.0227. The maximum Gasteiger partial charge on any atom is 0.509 e. The van der Waals surface area contributed by atoms with Gasteiger partial charge in [0.1, 0.15) is 0 Å². The van der Waals surface area contributed by atoms with Crippen molar-refractivity contribution >= 4 is 34.6 Å². The lowest BCUT2D eigenvalue weighted by Gasteiger charge is -2.04. The molecule has 28 heavy (non-hydrogen) atoms. The zero-order valence-electron chi connectivity index (χ0n) is 15.6. The van der Waals surface area contributed by atoms with Crippen LogP contribution in [0.5, 0.6) is 5.75 Å². The number of ether oxygens (including phenoxy) is 1. The van der Waals surface area contributed by atoms with Crippen molar-refractivity contribution in [3.63, 3.8) is 0 Å². The molecule has 1 N–H and O–H groups in total. The van der Waals surface area contributed by atoms with Crippen LogP contribution in [0.25, 0.3) is 21.8 Å². The van der Waals surface area contributed by atoms with Crippen molar-refractivity contribution < 1.29 is 13.7 Å². The normalized spacial score (nSPS) is 10.5. The molecule has 0 radical (unpaired) electrons. The van der Waals surface area contributed by atoms with Gasteiger partial charge >= 0.3 is 16.6 Å². The number of hydrogen-bond donors (Lipinski definition) is 1. The van der Waals surface area contributed by atoms with E-state index in [9.17, 15) is 9.00 Å². The van der Waals surface area contributed by atoms with Gasteiger partial charge < -0.3 is 10.1 Å². The van der Waals surface area contributed by atoms with E-state index in [1.807, 2.05) is 17.5 Å². The summed E-state index contributed by atoms with van der Waals surface area (Å²) in [7, 11) is 1.53. The number of amides is 1. The number of aromatic nitrogens is 2. The molecule has 3 aromatic rings. The number of unbranched alkanes of at least 4 members (excludes halogenated alkanes) is 1. The van der Waals surface area contributed by atoms with E-state index in [0.717, 1.165) is 34.7 Å². The number of anilines is 1. The van der Waals surface area contributed by atoms with Crippen molar-refractivity contribution in [2.75, 3.05) is 12.4 Å². The largest absolute Gasteiger partial charge is 0.509 e. The third kappa shape index (κ3) is 4.76. The maximum absolute atomic E-state index is 11.9. The van der Waals surface area contributed by atoms with Gasteiger partial charge in [0.15, 0.2) is 5.75 Å². The van der Waals surface area contributed by atoms with Crippen LogP contribution in [0.15, 0.2) is 46.9 Å². The molecular formula is C20H20N3O3S2+. The maximum atomic E-state index is 11.9. The van der Waals surface area contributed by atoms with Crippen molar-refractivity contribution in [3.8, 4) is 27.6 Å². The van der Waals surface area contributed by atoms with Crippen molar-refractivity contribution in [1.29, 1.82) is 0 Å². The molecule has 0 atom stereocenters. The predicted molar refractivity (Wildman–Crippen MR) is 112 cm³/mol. The molecule has 8 heteroatoms. The van der Waals surface area contributed by atoms with Crippen LogP contribution in [0.1, 0.15) is 26.2 Å². The van der Waals surface area contributed by atoms with E-state index in [4.69, 9.17) is 4.74 Å². The molecular weight excluding hydrogens is 394 g/mol. The minimum atomic E-state index is 0.0227. The number of nitrogens with zero attached hydrogens (tertiary/aromatic N) is 2. The summed E-state index contributed by atoms with van der Waals surface area (Å²) >= 11 is 1.89. The lowest BCUT2D eigenvalue weighted by molar-refractivity contribution is -0.116. The zero-order chi connectivity index (χ0) is 19.9. The molecule has 0 aliphatic carbocycles. The van der Waals surface area contributed by atoms with Crippen molar-refractivity contribution in [1.82, 2.24) is 9.97 Å². The second-order valence-corrected chi connectivity index (χ2v) is 7.61. The first-order chi connectivity index (χ1) is 13.6. The van der Waals surface area contributed by atoms with Crippen LogP contribution in [-0.4, -0.2) is 23.0 Å². The van der Waals surface area contributed by atoms with E-state index in [2.05, 4.69) is 22.2 Å². The molecule has 1 aromatic carbocycles. The Balaban J connectivity index is 1.82. The minimum Gasteiger partial charge on any atom is -0.491 e. The molecule has 0 saturated carbocycles. The van der Waals surface area contributed by atoms with E-state index in [0.29, 0.717) is 34.4 Å². The number of carbonyl (C=O) groups is 1. The fourth-order valence-electron chi connectivity index (χ4n) is 2.62. The standard InChI is InChI=1S/C20H19N3O3S2/c1-3-4-5-20(24)22-14-9-19(27-12-14)16-11-21-10-15(23-16)13-6-7-18(28-25)17(8-13)26-2/h6-12H,3-5H2,1-2H3/p+1. The highest BCUT2D eigenvalue weighted by atomic mass is 32.1. The molecule has 1 amide bonds. The number of rotatable bonds is 8. The lowest BCUT2D eigenvalue weighted by Crippen LogP contribution is -2.09. The fourth-order valence-corrected chi connectivity index (χ4v) is 3.76. The Morgan fingerprint density at radius 2 is 2.07 bits per heavy atom. The van der Waals surface area contributed by atoms with Crippen LogP contribution in [0.4, 0.5) is 5.69 Å². The Hall–Kier alpha value is -2.71. The summed E-state index contributed by atoms with van der Waals surface area (Å²) in [6.07, 6.45) is 5.75. The van der Waals surface area contributed by atoms with E-state index in [1.54, 1.807) is 24.5 Å². The van der Waals surface area contributed by atoms with Gasteiger partial charge in [-0.3, -0.25) is 9.78 Å². The van der Waals surface area contributed by atoms with Crippen molar-refractivity contribution in [3.05, 3.63) is 42.0 Å². The molecule has 0 aliphatic rings. The number of carbonyl (C=O) groups excluding carboxylic acids is 1. The summed E-state index contributed by atoms with van der Waals surface area (Å²) in [5, 5.41) is 4.82. The molecule has 2 heterocycles. The summed E-state index contributed by atoms with van der Waals surface area (Å²) < 4.78 is 16.4. The SMILES string of the molecule is CCCCC(=O)Nc1csc(-c2cncc(-c3ccc([S+]=O)c(OC)c3)n2)c1. The highest BCUT2D eigenvalue weighted by Gasteiger charge is 2.17. The van der Waals surface area contributed by atoms with Crippen LogP contribution >= 0.6 is 11.3 Å². The Kier molecular flexibility index (Phi) is 6.78. The smallest absolute Gasteiger partial charge is 0.491 e. The molecule has 0 bridgehead atoms. The monoisotopic (exact) mass is 414 g/mol. The Bertz CT molecular complexity index is 988. The first kappa shape index (κ1) is 20.0. The molecule has 144 valence electrons. The van der Waals surface area contributed by atoms with Gasteiger partial charge in [-0.1, -0.05) is 13.3 Å². The van der Waals surface area contributed by atoms with Gasteiger partial charge in [0.05, 0.1) is 41.5 Å². The summed E-state index contributed by atoms with van der Waals surface area (Å²) in [6.45, 7) is 2.06. The van der Waals surface area contributed by atoms with Crippen LogP contribution in [-0.2, 0) is 20.7 Å². The van der Waals surface area contributed by atoms with Gasteiger partial charge in [-0.05, 0) is 24.6 Å². The van der Waals surface area contributed by atoms with E-state index >= 15 is 0 Å². The van der Waals surface area contributed by atoms with Crippen molar-refractivity contribution in [2.45, 2.75) is 31.1 Å². The second kappa shape index (κ2) is 9.48. The predicted octanol–water partition coefficient (Wildman–Crippen LogP) is 4.80. The van der Waals surface area contributed by atoms with Crippen LogP contribution < -0.4 is 10.1 Å². The highest BCUT2D eigenvalue weighted by Crippen LogP contribution is 2.31. The number of nitrogens with one attached hydrogen (secondary N) is 1. The number of methoxy groups -OCH3 is 1. The van der Waals surface area contributed by atoms with E-state index in [-0.39, 0.29) is 5.91 Å². The zero-order valence-corrected chi connectivity index (χ0v) is 17.2. The number of hydrogen-bond acceptors (Lipinski definition) is 6. The Morgan fingerprint density at radius 3 is 2.82 bits per heavy atom. The average molecular weight is 415 g/mol. The first-order valence-corrected chi connectivity index (χ1v) is 10.5. The summed E-state index contributed by atoms with van der Waals surface area (Å²) in [5.74, 6) is 0.535. The van der Waals surface area contributed by atoms with Crippen LogP contribution in [0.2, 0.25) is 0 Å². The third-order valence-corrected chi connectivity index (χ3v) is 5.55. The van der Waals surface area contributed by atoms with Gasteiger partial charge in [-0.2, -0.15) is 0 Å². The molecule has 2 aromatic heterocycles. The molecule has 0 aliphatic heterocycles. The lowest BCUT2D eigenvalue weighted by atomic mass is 10.1. The average Bonchev–Trinajstić information content (AvgIpc) is 3.20. The van der Waals surface area contributed by atoms with Gasteiger partial charge in [0, 0.05) is 27.6 Å². The Labute approximate surface area is 171 Å². The van der Waals surface area contributed by atoms with Crippen LogP contribution in [0.3, 0.4) is 0 Å². The van der Waals surface area contributed by atoms with Gasteiger partial charge in [0.2, 0.25) is 5.91 Å². The second-order valence-electron chi connectivity index (χ2n) is 6.09. The quantitative estimate of drug-likeness (QED) is 0.536. The molecule has 0 unspecified atom stereocenters. The molecule has 0 saturated heterocycles. The van der Waals surface area contributed by atoms with Crippen LogP contribution in [0, 0.1) is 0 Å². The first-order valence-electron chi connectivity index (χ1n) is 8.83. The molecule has 0 fully saturated rings. The molecule has 3 rings (SSSR count). The fraction of sp³-hybridized carbons (Fsp3) is 0.250. The topological polar surface area (TPSA) is 81.2 Å². The summed E-state index contributed by atoms with van der Waals surface area (Å²) in [4.78, 5) is 22.3. The van der Waals surface area contributed by atoms with Gasteiger partial charge in [-0.15, -0.1) is 11.3 Å². The number of thiophene rings is 1. The third-order valence-electron chi connectivity index (χ3n) is 4.08. The Morgan fingerprint density at radius 1 is 1.25 bits per heavy atom. The van der Waals surface area contributed by atoms with E-state index in [1.165, 1.54) is 18.4 Å². The van der Waals surface area contributed by atoms with E-state index < -0.39 is 0 Å². The summed E-state index contributed by atoms with van der Waals surface area (Å²) in [5.41, 5.74) is 2.98. The van der Waals surface area contributed by atoms with Gasteiger partial charge in [0.25, 0.3) is 0 Å². The molecule has 0 spiro atoms. The van der Waals surface area contributed by atoms with Gasteiger partial charge in [-0.25, -0.2) is 4.98 Å². The molecule has 6 nitrogen and oxygen atoms in total. The highest BCUT2D eigenvalue weighted by molar-refractivity contribution is 7.65. The number of benzene rings is 1. The summed E-state index contributed by atoms with van der Waals surface area (Å²) in [6, 6.07) is 7.22.